The van der Waals surface area contributed by atoms with Gasteiger partial charge in [0.25, 0.3) is 0 Å². The molecule has 0 bridgehead atoms. The normalized spacial score (nSPS) is 20.2. The summed E-state index contributed by atoms with van der Waals surface area (Å²) >= 11 is 0. The number of likely N-dealkylation sites (N-methyl/N-ethyl adjacent to an activating group) is 1. The maximum absolute atomic E-state index is 12.3. The number of carboxylic acid groups (broad SMARTS) is 1. The maximum atomic E-state index is 12.3. The average molecular weight is 290 g/mol. The fraction of sp³-hybridized carbons (Fsp3) is 0.500. The van der Waals surface area contributed by atoms with Gasteiger partial charge in [0.15, 0.2) is 0 Å². The van der Waals surface area contributed by atoms with Crippen LogP contribution in [0.4, 0.5) is 0 Å². The zero-order valence-corrected chi connectivity index (χ0v) is 12.5. The fourth-order valence-corrected chi connectivity index (χ4v) is 2.65. The van der Waals surface area contributed by atoms with Crippen LogP contribution in [0, 0.1) is 5.92 Å². The van der Waals surface area contributed by atoms with E-state index in [0.29, 0.717) is 19.5 Å². The van der Waals surface area contributed by atoms with Crippen molar-refractivity contribution in [1.29, 1.82) is 0 Å². The number of carbonyl (C=O) groups excluding carboxylic acids is 1. The van der Waals surface area contributed by atoms with Crippen molar-refractivity contribution >= 4 is 11.9 Å². The van der Waals surface area contributed by atoms with Gasteiger partial charge in [0.2, 0.25) is 5.91 Å². The number of nitrogens with zero attached hydrogens (tertiary/aromatic N) is 2. The van der Waals surface area contributed by atoms with Crippen LogP contribution in [-0.2, 0) is 9.59 Å². The molecule has 1 heterocycles. The van der Waals surface area contributed by atoms with Gasteiger partial charge in [-0.15, -0.1) is 0 Å². The Balaban J connectivity index is 1.90. The molecule has 0 saturated carbocycles. The zero-order valence-electron chi connectivity index (χ0n) is 12.5. The van der Waals surface area contributed by atoms with E-state index < -0.39 is 5.97 Å². The summed E-state index contributed by atoms with van der Waals surface area (Å²) < 4.78 is 0. The number of hydrogen-bond donors (Lipinski definition) is 1. The molecular formula is C16H22N2O3. The first-order valence-corrected chi connectivity index (χ1v) is 7.24. The number of likely N-dealkylation sites (tertiary alicyclic amines) is 1. The van der Waals surface area contributed by atoms with Crippen molar-refractivity contribution in [2.45, 2.75) is 19.4 Å². The predicted octanol–water partition coefficient (Wildman–Crippen LogP) is 1.61. The summed E-state index contributed by atoms with van der Waals surface area (Å²) in [6, 6.07) is 9.89. The molecule has 0 aromatic heterocycles. The van der Waals surface area contributed by atoms with Gasteiger partial charge in [-0.2, -0.15) is 0 Å². The lowest BCUT2D eigenvalue weighted by atomic mass is 10.1. The minimum absolute atomic E-state index is 0.0107. The summed E-state index contributed by atoms with van der Waals surface area (Å²) in [7, 11) is 1.80. The molecule has 1 N–H and O–H groups in total. The molecule has 0 radical (unpaired) electrons. The average Bonchev–Trinajstić information content (AvgIpc) is 2.95. The monoisotopic (exact) mass is 290 g/mol. The number of benzene rings is 1. The van der Waals surface area contributed by atoms with E-state index in [1.807, 2.05) is 42.2 Å². The van der Waals surface area contributed by atoms with Crippen molar-refractivity contribution in [3.05, 3.63) is 35.9 Å². The molecule has 1 amide bonds. The lowest BCUT2D eigenvalue weighted by Crippen LogP contribution is -2.39. The van der Waals surface area contributed by atoms with Crippen molar-refractivity contribution in [2.75, 3.05) is 26.7 Å². The van der Waals surface area contributed by atoms with Crippen LogP contribution in [0.2, 0.25) is 0 Å². The van der Waals surface area contributed by atoms with Crippen LogP contribution in [0.5, 0.6) is 0 Å². The molecule has 1 aliphatic rings. The molecule has 1 saturated heterocycles. The minimum Gasteiger partial charge on any atom is -0.481 e. The second-order valence-electron chi connectivity index (χ2n) is 5.65. The Morgan fingerprint density at radius 1 is 1.38 bits per heavy atom. The van der Waals surface area contributed by atoms with Gasteiger partial charge >= 0.3 is 5.97 Å². The maximum Gasteiger partial charge on any atom is 0.307 e. The van der Waals surface area contributed by atoms with Crippen molar-refractivity contribution in [3.8, 4) is 0 Å². The Morgan fingerprint density at radius 3 is 2.62 bits per heavy atom. The molecule has 5 heteroatoms. The van der Waals surface area contributed by atoms with Gasteiger partial charge < -0.3 is 10.0 Å². The highest BCUT2D eigenvalue weighted by Crippen LogP contribution is 2.20. The summed E-state index contributed by atoms with van der Waals surface area (Å²) in [5, 5.41) is 8.99. The largest absolute Gasteiger partial charge is 0.481 e. The van der Waals surface area contributed by atoms with Crippen LogP contribution >= 0.6 is 0 Å². The molecule has 0 aliphatic carbocycles. The Bertz CT molecular complexity index is 504. The van der Waals surface area contributed by atoms with E-state index in [-0.39, 0.29) is 24.4 Å². The summed E-state index contributed by atoms with van der Waals surface area (Å²) in [5.74, 6) is -1.08. The molecule has 1 fully saturated rings. The molecule has 2 atom stereocenters. The number of hydrogen-bond acceptors (Lipinski definition) is 3. The SMILES string of the molecule is C[C@@H](c1ccccc1)N(C)C(=O)CN1CC[C@H](C(=O)O)C1. The molecule has 1 aromatic carbocycles. The third-order valence-electron chi connectivity index (χ3n) is 4.24. The highest BCUT2D eigenvalue weighted by atomic mass is 16.4. The van der Waals surface area contributed by atoms with E-state index in [0.717, 1.165) is 5.56 Å². The number of carbonyl (C=O) groups is 2. The minimum atomic E-state index is -0.768. The lowest BCUT2D eigenvalue weighted by Gasteiger charge is -2.27. The lowest BCUT2D eigenvalue weighted by molar-refractivity contribution is -0.141. The molecular weight excluding hydrogens is 268 g/mol. The second kappa shape index (κ2) is 6.72. The molecule has 0 spiro atoms. The van der Waals surface area contributed by atoms with Gasteiger partial charge in [-0.25, -0.2) is 0 Å². The molecule has 114 valence electrons. The van der Waals surface area contributed by atoms with Crippen molar-refractivity contribution in [1.82, 2.24) is 9.80 Å². The van der Waals surface area contributed by atoms with Crippen LogP contribution in [-0.4, -0.2) is 53.5 Å². The first kappa shape index (κ1) is 15.5. The third kappa shape index (κ3) is 3.82. The Hall–Kier alpha value is -1.88. The summed E-state index contributed by atoms with van der Waals surface area (Å²) in [6.45, 7) is 3.43. The molecule has 5 nitrogen and oxygen atoms in total. The highest BCUT2D eigenvalue weighted by molar-refractivity contribution is 5.78. The number of amides is 1. The van der Waals surface area contributed by atoms with Crippen molar-refractivity contribution in [3.63, 3.8) is 0 Å². The first-order valence-electron chi connectivity index (χ1n) is 7.24. The van der Waals surface area contributed by atoms with Gasteiger partial charge in [0.05, 0.1) is 18.5 Å². The van der Waals surface area contributed by atoms with Gasteiger partial charge in [-0.3, -0.25) is 14.5 Å². The Labute approximate surface area is 125 Å². The van der Waals surface area contributed by atoms with E-state index in [4.69, 9.17) is 5.11 Å². The summed E-state index contributed by atoms with van der Waals surface area (Å²) in [6.07, 6.45) is 0.626. The summed E-state index contributed by atoms with van der Waals surface area (Å²) in [5.41, 5.74) is 1.10. The van der Waals surface area contributed by atoms with E-state index in [9.17, 15) is 9.59 Å². The van der Waals surface area contributed by atoms with Crippen LogP contribution in [0.1, 0.15) is 24.9 Å². The van der Waals surface area contributed by atoms with Gasteiger partial charge in [-0.05, 0) is 25.5 Å². The number of rotatable bonds is 5. The topological polar surface area (TPSA) is 60.9 Å². The van der Waals surface area contributed by atoms with Crippen molar-refractivity contribution in [2.24, 2.45) is 5.92 Å². The molecule has 1 aliphatic heterocycles. The van der Waals surface area contributed by atoms with Crippen LogP contribution in [0.15, 0.2) is 30.3 Å². The van der Waals surface area contributed by atoms with Gasteiger partial charge in [-0.1, -0.05) is 30.3 Å². The van der Waals surface area contributed by atoms with Crippen LogP contribution in [0.3, 0.4) is 0 Å². The van der Waals surface area contributed by atoms with Crippen LogP contribution in [0.25, 0.3) is 0 Å². The molecule has 1 aromatic rings. The predicted molar refractivity (Wildman–Crippen MR) is 79.8 cm³/mol. The Kier molecular flexibility index (Phi) is 4.96. The first-order chi connectivity index (χ1) is 9.99. The smallest absolute Gasteiger partial charge is 0.307 e. The molecule has 2 rings (SSSR count). The summed E-state index contributed by atoms with van der Waals surface area (Å²) in [4.78, 5) is 26.9. The standard InChI is InChI=1S/C16H22N2O3/c1-12(13-6-4-3-5-7-13)17(2)15(19)11-18-9-8-14(10-18)16(20)21/h3-7,12,14H,8-11H2,1-2H3,(H,20,21)/t12-,14-/m0/s1. The highest BCUT2D eigenvalue weighted by Gasteiger charge is 2.30. The van der Waals surface area contributed by atoms with E-state index in [2.05, 4.69) is 0 Å². The van der Waals surface area contributed by atoms with Gasteiger partial charge in [0.1, 0.15) is 0 Å². The van der Waals surface area contributed by atoms with Crippen LogP contribution < -0.4 is 0 Å². The third-order valence-corrected chi connectivity index (χ3v) is 4.24. The number of aliphatic carboxylic acids is 1. The molecule has 21 heavy (non-hydrogen) atoms. The van der Waals surface area contributed by atoms with Crippen molar-refractivity contribution < 1.29 is 14.7 Å². The Morgan fingerprint density at radius 2 is 2.05 bits per heavy atom. The second-order valence-corrected chi connectivity index (χ2v) is 5.65. The van der Waals surface area contributed by atoms with E-state index in [1.54, 1.807) is 11.9 Å². The fourth-order valence-electron chi connectivity index (χ4n) is 2.65. The van der Waals surface area contributed by atoms with E-state index >= 15 is 0 Å². The van der Waals surface area contributed by atoms with E-state index in [1.165, 1.54) is 0 Å². The quantitative estimate of drug-likeness (QED) is 0.895. The number of carboxylic acids is 1. The molecule has 0 unspecified atom stereocenters. The zero-order chi connectivity index (χ0) is 15.4. The van der Waals surface area contributed by atoms with Gasteiger partial charge in [0, 0.05) is 13.6 Å².